The standard InChI is InChI=1S/C25H37N5O2Si.C5H4N4/c1-8-18(2)30-17-26-22-21(27-24(28-23(22)30)29-12-14-31-15-13-29)19-10-9-11-20(16-19)32-33(6,7)25(3,4)5;1-4-5(8-2-6-1)9-3-7-4/h9-11,16-18H,8,12-15H2,1-7H3;1-3H,(H,6,7,8,9). The Balaban J connectivity index is 0.000000330. The second kappa shape index (κ2) is 12.1. The summed E-state index contributed by atoms with van der Waals surface area (Å²) in [5, 5.41) is 0.129. The minimum absolute atomic E-state index is 0.129. The zero-order chi connectivity index (χ0) is 29.9. The molecule has 0 bridgehead atoms. The van der Waals surface area contributed by atoms with E-state index in [9.17, 15) is 0 Å². The molecule has 11 nitrogen and oxygen atoms in total. The quantitative estimate of drug-likeness (QED) is 0.237. The Labute approximate surface area is 247 Å². The van der Waals surface area contributed by atoms with Gasteiger partial charge in [-0.3, -0.25) is 0 Å². The van der Waals surface area contributed by atoms with Crippen LogP contribution >= 0.6 is 0 Å². The molecule has 1 atom stereocenters. The maximum atomic E-state index is 6.59. The lowest BCUT2D eigenvalue weighted by Crippen LogP contribution is -2.43. The Bertz CT molecular complexity index is 1610. The molecule has 4 aromatic heterocycles. The molecule has 0 spiro atoms. The third-order valence-electron chi connectivity index (χ3n) is 8.15. The van der Waals surface area contributed by atoms with Gasteiger partial charge >= 0.3 is 0 Å². The summed E-state index contributed by atoms with van der Waals surface area (Å²) < 4.78 is 14.3. The number of benzene rings is 1. The number of fused-ring (bicyclic) bond motifs is 2. The van der Waals surface area contributed by atoms with Crippen LogP contribution in [0.3, 0.4) is 0 Å². The fourth-order valence-corrected chi connectivity index (χ4v) is 5.40. The summed E-state index contributed by atoms with van der Waals surface area (Å²) in [6.45, 7) is 18.7. The number of aromatic amines is 1. The Morgan fingerprint density at radius 1 is 1.10 bits per heavy atom. The van der Waals surface area contributed by atoms with Crippen molar-refractivity contribution in [2.24, 2.45) is 0 Å². The molecule has 42 heavy (non-hydrogen) atoms. The molecule has 1 aliphatic heterocycles. The number of ether oxygens (including phenoxy) is 1. The summed E-state index contributed by atoms with van der Waals surface area (Å²) in [5.74, 6) is 1.63. The third kappa shape index (κ3) is 6.29. The molecule has 5 aromatic rings. The van der Waals surface area contributed by atoms with Crippen LogP contribution in [-0.2, 0) is 4.74 Å². The van der Waals surface area contributed by atoms with E-state index < -0.39 is 8.32 Å². The average Bonchev–Trinajstić information content (AvgIpc) is 3.64. The Hall–Kier alpha value is -3.90. The van der Waals surface area contributed by atoms with Crippen molar-refractivity contribution >= 4 is 36.6 Å². The molecule has 1 unspecified atom stereocenters. The predicted octanol–water partition coefficient (Wildman–Crippen LogP) is 6.04. The van der Waals surface area contributed by atoms with Crippen molar-refractivity contribution in [1.29, 1.82) is 0 Å². The lowest BCUT2D eigenvalue weighted by Gasteiger charge is -2.36. The number of H-pyrrole nitrogens is 1. The largest absolute Gasteiger partial charge is 0.543 e. The van der Waals surface area contributed by atoms with Crippen molar-refractivity contribution < 1.29 is 9.16 Å². The summed E-state index contributed by atoms with van der Waals surface area (Å²) in [4.78, 5) is 31.4. The number of aromatic nitrogens is 8. The predicted molar refractivity (Wildman–Crippen MR) is 168 cm³/mol. The van der Waals surface area contributed by atoms with Crippen LogP contribution in [0, 0.1) is 0 Å². The lowest BCUT2D eigenvalue weighted by atomic mass is 10.1. The van der Waals surface area contributed by atoms with Crippen LogP contribution in [0.2, 0.25) is 18.1 Å². The van der Waals surface area contributed by atoms with Gasteiger partial charge in [0.1, 0.15) is 28.8 Å². The minimum atomic E-state index is -1.95. The van der Waals surface area contributed by atoms with Crippen molar-refractivity contribution in [1.82, 2.24) is 39.5 Å². The summed E-state index contributed by atoms with van der Waals surface area (Å²) in [6.07, 6.45) is 7.66. The summed E-state index contributed by atoms with van der Waals surface area (Å²) in [5.41, 5.74) is 5.15. The monoisotopic (exact) mass is 587 g/mol. The van der Waals surface area contributed by atoms with Crippen molar-refractivity contribution in [3.63, 3.8) is 0 Å². The van der Waals surface area contributed by atoms with E-state index in [1.807, 2.05) is 18.5 Å². The molecular formula is C30H41N9O2Si. The van der Waals surface area contributed by atoms with Crippen molar-refractivity contribution in [3.05, 3.63) is 49.4 Å². The van der Waals surface area contributed by atoms with Crippen LogP contribution in [0.5, 0.6) is 5.75 Å². The number of nitrogens with zero attached hydrogens (tertiary/aromatic N) is 8. The maximum absolute atomic E-state index is 6.59. The van der Waals surface area contributed by atoms with Crippen molar-refractivity contribution in [2.75, 3.05) is 31.2 Å². The average molecular weight is 588 g/mol. The molecule has 0 amide bonds. The highest BCUT2D eigenvalue weighted by atomic mass is 28.4. The summed E-state index contributed by atoms with van der Waals surface area (Å²) in [6, 6.07) is 8.59. The van der Waals surface area contributed by atoms with E-state index in [2.05, 4.69) is 89.2 Å². The van der Waals surface area contributed by atoms with Crippen LogP contribution in [0.1, 0.15) is 47.1 Å². The van der Waals surface area contributed by atoms with Gasteiger partial charge in [-0.05, 0) is 43.6 Å². The zero-order valence-electron chi connectivity index (χ0n) is 25.6. The fraction of sp³-hybridized carbons (Fsp3) is 0.467. The number of morpholine rings is 1. The molecular weight excluding hydrogens is 546 g/mol. The Morgan fingerprint density at radius 2 is 1.88 bits per heavy atom. The van der Waals surface area contributed by atoms with Crippen LogP contribution in [0.15, 0.2) is 49.4 Å². The maximum Gasteiger partial charge on any atom is 0.250 e. The van der Waals surface area contributed by atoms with Gasteiger partial charge in [0.05, 0.1) is 32.1 Å². The zero-order valence-corrected chi connectivity index (χ0v) is 26.6. The highest BCUT2D eigenvalue weighted by molar-refractivity contribution is 6.74. The van der Waals surface area contributed by atoms with Crippen molar-refractivity contribution in [3.8, 4) is 17.0 Å². The number of imidazole rings is 2. The van der Waals surface area contributed by atoms with Gasteiger partial charge in [-0.15, -0.1) is 0 Å². The van der Waals surface area contributed by atoms with Gasteiger partial charge in [0.25, 0.3) is 0 Å². The van der Waals surface area contributed by atoms with E-state index in [1.165, 1.54) is 6.33 Å². The van der Waals surface area contributed by atoms with E-state index in [4.69, 9.17) is 24.1 Å². The van der Waals surface area contributed by atoms with Gasteiger partial charge in [0, 0.05) is 24.7 Å². The minimum Gasteiger partial charge on any atom is -0.543 e. The number of rotatable bonds is 6. The van der Waals surface area contributed by atoms with Gasteiger partial charge in [0.15, 0.2) is 11.3 Å². The molecule has 1 aromatic carbocycles. The highest BCUT2D eigenvalue weighted by Crippen LogP contribution is 2.38. The topological polar surface area (TPSA) is 120 Å². The molecule has 0 saturated carbocycles. The van der Waals surface area contributed by atoms with E-state index in [-0.39, 0.29) is 5.04 Å². The molecule has 6 rings (SSSR count). The number of nitrogens with one attached hydrogen (secondary N) is 1. The fourth-order valence-electron chi connectivity index (χ4n) is 4.38. The molecule has 0 radical (unpaired) electrons. The Morgan fingerprint density at radius 3 is 2.60 bits per heavy atom. The Kier molecular flexibility index (Phi) is 8.55. The first-order valence-electron chi connectivity index (χ1n) is 14.5. The van der Waals surface area contributed by atoms with Gasteiger partial charge in [-0.25, -0.2) is 24.9 Å². The number of anilines is 1. The first kappa shape index (κ1) is 29.6. The van der Waals surface area contributed by atoms with Crippen molar-refractivity contribution in [2.45, 2.75) is 65.2 Å². The van der Waals surface area contributed by atoms with Gasteiger partial charge in [-0.1, -0.05) is 39.8 Å². The second-order valence-corrected chi connectivity index (χ2v) is 16.8. The van der Waals surface area contributed by atoms with Gasteiger partial charge < -0.3 is 23.6 Å². The summed E-state index contributed by atoms with van der Waals surface area (Å²) >= 11 is 0. The normalized spacial score (nSPS) is 15.0. The van der Waals surface area contributed by atoms with Gasteiger partial charge in [-0.2, -0.15) is 4.98 Å². The van der Waals surface area contributed by atoms with Gasteiger partial charge in [0.2, 0.25) is 14.3 Å². The number of hydrogen-bond acceptors (Lipinski definition) is 9. The number of hydrogen-bond donors (Lipinski definition) is 1. The van der Waals surface area contributed by atoms with E-state index >= 15 is 0 Å². The lowest BCUT2D eigenvalue weighted by molar-refractivity contribution is 0.122. The van der Waals surface area contributed by atoms with E-state index in [0.717, 1.165) is 64.8 Å². The first-order chi connectivity index (χ1) is 20.1. The van der Waals surface area contributed by atoms with Crippen LogP contribution in [0.25, 0.3) is 33.6 Å². The molecule has 0 aliphatic carbocycles. The molecule has 1 N–H and O–H groups in total. The highest BCUT2D eigenvalue weighted by Gasteiger charge is 2.39. The molecule has 1 fully saturated rings. The first-order valence-corrected chi connectivity index (χ1v) is 17.4. The SMILES string of the molecule is CCC(C)n1cnc2c(-c3cccc(O[Si](C)(C)C(C)(C)C)c3)nc(N3CCOCC3)nc21.c1ncc2nc[nH]c2n1. The molecule has 1 aliphatic rings. The summed E-state index contributed by atoms with van der Waals surface area (Å²) in [7, 11) is -1.95. The van der Waals surface area contributed by atoms with Crippen LogP contribution in [0.4, 0.5) is 5.95 Å². The molecule has 222 valence electrons. The second-order valence-electron chi connectivity index (χ2n) is 12.1. The van der Waals surface area contributed by atoms with Crippen LogP contribution in [-0.4, -0.2) is 74.1 Å². The van der Waals surface area contributed by atoms with E-state index in [1.54, 1.807) is 12.5 Å². The molecule has 12 heteroatoms. The third-order valence-corrected chi connectivity index (χ3v) is 12.5. The van der Waals surface area contributed by atoms with Crippen LogP contribution < -0.4 is 9.33 Å². The molecule has 1 saturated heterocycles. The van der Waals surface area contributed by atoms with E-state index in [0.29, 0.717) is 19.3 Å². The molecule has 5 heterocycles. The smallest absolute Gasteiger partial charge is 0.250 e.